The van der Waals surface area contributed by atoms with Gasteiger partial charge >= 0.3 is 0 Å². The molecule has 8 heteroatoms. The third-order valence-electron chi connectivity index (χ3n) is 5.34. The van der Waals surface area contributed by atoms with Crippen LogP contribution < -0.4 is 10.5 Å². The van der Waals surface area contributed by atoms with Crippen molar-refractivity contribution in [2.45, 2.75) is 31.0 Å². The number of anilines is 1. The number of aryl methyl sites for hydroxylation is 1. The fourth-order valence-electron chi connectivity index (χ4n) is 3.77. The lowest BCUT2D eigenvalue weighted by Crippen LogP contribution is -2.49. The van der Waals surface area contributed by atoms with E-state index in [4.69, 9.17) is 0 Å². The van der Waals surface area contributed by atoms with Gasteiger partial charge in [0, 0.05) is 50.1 Å². The monoisotopic (exact) mass is 402 g/mol. The number of amides is 1. The first-order chi connectivity index (χ1) is 13.6. The number of rotatable bonds is 4. The molecule has 0 saturated carbocycles. The summed E-state index contributed by atoms with van der Waals surface area (Å²) in [4.78, 5) is 33.5. The highest BCUT2D eigenvalue weighted by Crippen LogP contribution is 2.32. The van der Waals surface area contributed by atoms with Gasteiger partial charge in [0.25, 0.3) is 5.56 Å². The number of benzene rings is 1. The van der Waals surface area contributed by atoms with E-state index >= 15 is 0 Å². The van der Waals surface area contributed by atoms with Gasteiger partial charge in [-0.1, -0.05) is 30.8 Å². The summed E-state index contributed by atoms with van der Waals surface area (Å²) in [6.45, 7) is 4.29. The van der Waals surface area contributed by atoms with E-state index in [1.165, 1.54) is 17.8 Å². The Bertz CT molecular complexity index is 940. The molecule has 1 aromatic carbocycles. The van der Waals surface area contributed by atoms with E-state index in [0.717, 1.165) is 12.1 Å². The Morgan fingerprint density at radius 3 is 2.71 bits per heavy atom. The second-order valence-corrected chi connectivity index (χ2v) is 8.07. The van der Waals surface area contributed by atoms with Crippen LogP contribution in [0.3, 0.4) is 0 Å². The van der Waals surface area contributed by atoms with Gasteiger partial charge in [-0.15, -0.1) is 0 Å². The first-order valence-corrected chi connectivity index (χ1v) is 10.6. The topological polar surface area (TPSA) is 58.4 Å². The number of fused-ring (bicyclic) bond motifs is 1. The lowest BCUT2D eigenvalue weighted by molar-refractivity contribution is -0.132. The third-order valence-corrected chi connectivity index (χ3v) is 6.44. The minimum Gasteiger partial charge on any atom is -0.366 e. The van der Waals surface area contributed by atoms with Crippen LogP contribution in [0.25, 0.3) is 0 Å². The van der Waals surface area contributed by atoms with Gasteiger partial charge in [0.05, 0.1) is 11.7 Å². The minimum atomic E-state index is -0.236. The maximum absolute atomic E-state index is 14.0. The molecule has 1 amide bonds. The highest BCUT2D eigenvalue weighted by molar-refractivity contribution is 7.99. The molecule has 148 valence electrons. The number of carbonyl (C=O) groups excluding carboxylic acids is 1. The summed E-state index contributed by atoms with van der Waals surface area (Å²) in [6.07, 6.45) is 1.02. The second-order valence-electron chi connectivity index (χ2n) is 7.08. The molecular formula is C20H23FN4O2S. The zero-order chi connectivity index (χ0) is 19.7. The average molecular weight is 402 g/mol. The Hall–Kier alpha value is -2.35. The molecule has 0 N–H and O–H groups in total. The lowest BCUT2D eigenvalue weighted by atomic mass is 10.1. The smallest absolute Gasteiger partial charge is 0.254 e. The number of carbonyl (C=O) groups is 1. The summed E-state index contributed by atoms with van der Waals surface area (Å²) in [5, 5.41) is 0.714. The number of aromatic nitrogens is 2. The molecule has 1 fully saturated rings. The van der Waals surface area contributed by atoms with Crippen LogP contribution in [0.5, 0.6) is 0 Å². The van der Waals surface area contributed by atoms with E-state index in [9.17, 15) is 14.0 Å². The maximum Gasteiger partial charge on any atom is 0.254 e. The molecule has 2 aromatic rings. The number of hydrogen-bond donors (Lipinski definition) is 0. The number of piperazine rings is 1. The SMILES string of the molecule is CCc1cc(=O)n2c(n1)SCC2CC(=O)N1CCN(c2ccccc2F)CC1. The molecule has 3 heterocycles. The van der Waals surface area contributed by atoms with Crippen LogP contribution in [-0.2, 0) is 11.2 Å². The first-order valence-electron chi connectivity index (χ1n) is 9.59. The molecule has 0 spiro atoms. The zero-order valence-electron chi connectivity index (χ0n) is 15.8. The molecule has 0 bridgehead atoms. The molecule has 0 aliphatic carbocycles. The molecule has 2 aliphatic heterocycles. The molecule has 2 aliphatic rings. The molecule has 4 rings (SSSR count). The number of halogens is 1. The largest absolute Gasteiger partial charge is 0.366 e. The van der Waals surface area contributed by atoms with E-state index in [0.29, 0.717) is 49.2 Å². The highest BCUT2D eigenvalue weighted by Gasteiger charge is 2.30. The predicted molar refractivity (Wildman–Crippen MR) is 107 cm³/mol. The van der Waals surface area contributed by atoms with Crippen LogP contribution >= 0.6 is 11.8 Å². The standard InChI is InChI=1S/C20H23FN4O2S/c1-2-14-11-19(27)25-15(13-28-20(25)22-14)12-18(26)24-9-7-23(8-10-24)17-6-4-3-5-16(17)21/h3-6,11,15H,2,7-10,12-13H2,1H3. The quantitative estimate of drug-likeness (QED) is 0.735. The van der Waals surface area contributed by atoms with E-state index in [2.05, 4.69) is 4.98 Å². The molecular weight excluding hydrogens is 379 g/mol. The first kappa shape index (κ1) is 19.0. The molecule has 1 atom stereocenters. The van der Waals surface area contributed by atoms with E-state index in [1.54, 1.807) is 22.8 Å². The summed E-state index contributed by atoms with van der Waals surface area (Å²) in [7, 11) is 0. The molecule has 28 heavy (non-hydrogen) atoms. The molecule has 1 unspecified atom stereocenters. The van der Waals surface area contributed by atoms with Crippen molar-refractivity contribution in [2.24, 2.45) is 0 Å². The van der Waals surface area contributed by atoms with Crippen LogP contribution in [0.4, 0.5) is 10.1 Å². The Morgan fingerprint density at radius 2 is 2.00 bits per heavy atom. The molecule has 6 nitrogen and oxygen atoms in total. The summed E-state index contributed by atoms with van der Waals surface area (Å²) < 4.78 is 15.6. The van der Waals surface area contributed by atoms with Crippen molar-refractivity contribution in [3.63, 3.8) is 0 Å². The zero-order valence-corrected chi connectivity index (χ0v) is 16.6. The lowest BCUT2D eigenvalue weighted by Gasteiger charge is -2.36. The summed E-state index contributed by atoms with van der Waals surface area (Å²) in [6, 6.07) is 8.14. The third kappa shape index (κ3) is 3.65. The van der Waals surface area contributed by atoms with Gasteiger partial charge in [0.2, 0.25) is 5.91 Å². The van der Waals surface area contributed by atoms with E-state index < -0.39 is 0 Å². The van der Waals surface area contributed by atoms with Crippen molar-refractivity contribution in [2.75, 3.05) is 36.8 Å². The molecule has 1 aromatic heterocycles. The van der Waals surface area contributed by atoms with Crippen molar-refractivity contribution < 1.29 is 9.18 Å². The van der Waals surface area contributed by atoms with Gasteiger partial charge < -0.3 is 9.80 Å². The van der Waals surface area contributed by atoms with Crippen molar-refractivity contribution >= 4 is 23.4 Å². The van der Waals surface area contributed by atoms with Crippen LogP contribution in [0.2, 0.25) is 0 Å². The Kier molecular flexibility index (Phi) is 5.39. The fraction of sp³-hybridized carbons (Fsp3) is 0.450. The normalized spacial score (nSPS) is 19.0. The summed E-state index contributed by atoms with van der Waals surface area (Å²) >= 11 is 1.54. The molecule has 1 saturated heterocycles. The van der Waals surface area contributed by atoms with Gasteiger partial charge in [0.1, 0.15) is 5.82 Å². The number of thioether (sulfide) groups is 1. The van der Waals surface area contributed by atoms with Crippen LogP contribution in [0.15, 0.2) is 40.3 Å². The average Bonchev–Trinajstić information content (AvgIpc) is 3.11. The van der Waals surface area contributed by atoms with Gasteiger partial charge in [-0.2, -0.15) is 0 Å². The predicted octanol–water partition coefficient (Wildman–Crippen LogP) is 2.33. The van der Waals surface area contributed by atoms with Gasteiger partial charge in [-0.25, -0.2) is 9.37 Å². The van der Waals surface area contributed by atoms with Crippen LogP contribution in [0.1, 0.15) is 25.1 Å². The number of nitrogens with zero attached hydrogens (tertiary/aromatic N) is 4. The van der Waals surface area contributed by atoms with Gasteiger partial charge in [-0.05, 0) is 18.6 Å². The van der Waals surface area contributed by atoms with Gasteiger partial charge in [0.15, 0.2) is 5.16 Å². The van der Waals surface area contributed by atoms with Gasteiger partial charge in [-0.3, -0.25) is 14.2 Å². The highest BCUT2D eigenvalue weighted by atomic mass is 32.2. The number of para-hydroxylation sites is 1. The van der Waals surface area contributed by atoms with E-state index in [1.807, 2.05) is 22.8 Å². The van der Waals surface area contributed by atoms with Crippen LogP contribution in [0, 0.1) is 5.82 Å². The summed E-state index contributed by atoms with van der Waals surface area (Å²) in [5.74, 6) is 0.495. The molecule has 0 radical (unpaired) electrons. The second kappa shape index (κ2) is 7.95. The Labute approximate surface area is 167 Å². The maximum atomic E-state index is 14.0. The minimum absolute atomic E-state index is 0.0399. The Balaban J connectivity index is 1.39. The van der Waals surface area contributed by atoms with Crippen molar-refractivity contribution in [3.05, 3.63) is 52.2 Å². The summed E-state index contributed by atoms with van der Waals surface area (Å²) in [5.41, 5.74) is 1.30. The van der Waals surface area contributed by atoms with Crippen molar-refractivity contribution in [3.8, 4) is 0 Å². The van der Waals surface area contributed by atoms with Crippen molar-refractivity contribution in [1.82, 2.24) is 14.5 Å². The fourth-order valence-corrected chi connectivity index (χ4v) is 4.93. The number of hydrogen-bond acceptors (Lipinski definition) is 5. The Morgan fingerprint density at radius 1 is 1.25 bits per heavy atom. The van der Waals surface area contributed by atoms with Crippen molar-refractivity contribution in [1.29, 1.82) is 0 Å². The van der Waals surface area contributed by atoms with E-state index in [-0.39, 0.29) is 23.3 Å². The van der Waals surface area contributed by atoms with Crippen LogP contribution in [-0.4, -0.2) is 52.3 Å².